The van der Waals surface area contributed by atoms with E-state index in [1.54, 1.807) is 0 Å². The number of halogens is 3. The van der Waals surface area contributed by atoms with Crippen LogP contribution in [0.5, 0.6) is 0 Å². The van der Waals surface area contributed by atoms with Crippen LogP contribution < -0.4 is 0 Å². The van der Waals surface area contributed by atoms with Crippen molar-refractivity contribution in [2.45, 2.75) is 67.7 Å². The van der Waals surface area contributed by atoms with Gasteiger partial charge in [-0.2, -0.15) is 0 Å². The van der Waals surface area contributed by atoms with Crippen molar-refractivity contribution in [1.29, 1.82) is 0 Å². The second kappa shape index (κ2) is 25.4. The molecule has 0 nitrogen and oxygen atoms in total. The Morgan fingerprint density at radius 1 is 0.800 bits per heavy atom. The lowest BCUT2D eigenvalue weighted by molar-refractivity contribution is 1.09. The molecule has 1 rings (SSSR count). The second-order valence-electron chi connectivity index (χ2n) is 3.33. The lowest BCUT2D eigenvalue weighted by Crippen LogP contribution is -1.91. The van der Waals surface area contributed by atoms with E-state index < -0.39 is 0 Å². The highest BCUT2D eigenvalue weighted by Gasteiger charge is 2.11. The van der Waals surface area contributed by atoms with E-state index in [1.165, 1.54) is 18.4 Å². The lowest BCUT2D eigenvalue weighted by Gasteiger charge is -2.04. The SMILES string of the molecule is CC.CC.CCC.CCC(I)(I)I.Cc1ccccc1. The van der Waals surface area contributed by atoms with E-state index in [-0.39, 0.29) is 0 Å². The van der Waals surface area contributed by atoms with Gasteiger partial charge in [0.1, 0.15) is -0.565 Å². The molecule has 0 aliphatic rings. The molecule has 0 atom stereocenters. The summed E-state index contributed by atoms with van der Waals surface area (Å²) in [6.07, 6.45) is 2.48. The monoisotopic (exact) mass is 618 g/mol. The van der Waals surface area contributed by atoms with Crippen LogP contribution in [0, 0.1) is 6.92 Å². The summed E-state index contributed by atoms with van der Waals surface area (Å²) in [6.45, 7) is 16.5. The van der Waals surface area contributed by atoms with Gasteiger partial charge in [0.2, 0.25) is 0 Å². The third kappa shape index (κ3) is 42.7. The number of hydrogen-bond donors (Lipinski definition) is 0. The minimum absolute atomic E-state index is 0.452. The highest BCUT2D eigenvalue weighted by Crippen LogP contribution is 2.38. The molecule has 0 fully saturated rings. The molecule has 0 aliphatic carbocycles. The molecule has 0 heterocycles. The minimum atomic E-state index is 0.452. The third-order valence-corrected chi connectivity index (χ3v) is 3.63. The van der Waals surface area contributed by atoms with Gasteiger partial charge < -0.3 is 0 Å². The smallest absolute Gasteiger partial charge is 0.0683 e. The standard InChI is InChI=1S/C7H8.C3H5I3.C3H8.2C2H6/c1-7-5-3-2-4-6-7;1-2-3(4,5)6;1-3-2;2*1-2/h2-6H,1H3;2H2,1H3;3H2,1-2H3;2*1-2H3. The van der Waals surface area contributed by atoms with E-state index in [0.29, 0.717) is -0.565 Å². The molecule has 0 N–H and O–H groups in total. The third-order valence-electron chi connectivity index (χ3n) is 1.34. The maximum atomic E-state index is 2.41. The van der Waals surface area contributed by atoms with Gasteiger partial charge in [-0.05, 0) is 13.3 Å². The van der Waals surface area contributed by atoms with Crippen molar-refractivity contribution in [2.75, 3.05) is 0 Å². The number of rotatable bonds is 1. The maximum Gasteiger partial charge on any atom is 0.124 e. The highest BCUT2D eigenvalue weighted by molar-refractivity contribution is 14.3. The van der Waals surface area contributed by atoms with Crippen LogP contribution in [0.4, 0.5) is 0 Å². The number of alkyl halides is 3. The maximum absolute atomic E-state index is 2.41. The van der Waals surface area contributed by atoms with Gasteiger partial charge in [-0.25, -0.2) is 0 Å². The quantitative estimate of drug-likeness (QED) is 0.218. The summed E-state index contributed by atoms with van der Waals surface area (Å²) in [7, 11) is 0. The molecule has 0 amide bonds. The Bertz CT molecular complexity index is 228. The molecule has 3 heteroatoms. The van der Waals surface area contributed by atoms with Crippen LogP contribution in [0.3, 0.4) is 0 Å². The van der Waals surface area contributed by atoms with Gasteiger partial charge in [0.25, 0.3) is 0 Å². The molecule has 0 radical (unpaired) electrons. The summed E-state index contributed by atoms with van der Waals surface area (Å²) in [4.78, 5) is 0. The van der Waals surface area contributed by atoms with Crippen LogP contribution in [0.15, 0.2) is 30.3 Å². The van der Waals surface area contributed by atoms with E-state index in [2.05, 4.69) is 108 Å². The van der Waals surface area contributed by atoms with Crippen molar-refractivity contribution < 1.29 is 0 Å². The Morgan fingerprint density at radius 2 is 1.05 bits per heavy atom. The molecule has 1 aromatic rings. The zero-order chi connectivity index (χ0) is 17.0. The molecule has 0 saturated carbocycles. The number of aryl methyl sites for hydroxylation is 1. The summed E-state index contributed by atoms with van der Waals surface area (Å²) in [5.41, 5.74) is 1.32. The fourth-order valence-electron chi connectivity index (χ4n) is 0.534. The van der Waals surface area contributed by atoms with Crippen molar-refractivity contribution in [2.24, 2.45) is 0 Å². The molecule has 1 aromatic carbocycles. The first-order valence-electron chi connectivity index (χ1n) is 7.45. The van der Waals surface area contributed by atoms with E-state index in [1.807, 2.05) is 45.9 Å². The predicted octanol–water partition coefficient (Wildman–Crippen LogP) is 8.82. The van der Waals surface area contributed by atoms with E-state index in [4.69, 9.17) is 0 Å². The topological polar surface area (TPSA) is 0 Å². The van der Waals surface area contributed by atoms with Gasteiger partial charge in [-0.3, -0.25) is 0 Å². The van der Waals surface area contributed by atoms with Crippen LogP contribution in [0.1, 0.15) is 66.9 Å². The van der Waals surface area contributed by atoms with Gasteiger partial charge in [0.15, 0.2) is 0 Å². The predicted molar refractivity (Wildman–Crippen MR) is 125 cm³/mol. The van der Waals surface area contributed by atoms with Crippen molar-refractivity contribution in [3.63, 3.8) is 0 Å². The van der Waals surface area contributed by atoms with E-state index in [9.17, 15) is 0 Å². The summed E-state index contributed by atoms with van der Waals surface area (Å²) < 4.78 is 0.452. The Kier molecular flexibility index (Phi) is 37.3. The molecular weight excluding hydrogens is 585 g/mol. The summed E-state index contributed by atoms with van der Waals surface area (Å²) >= 11 is 7.24. The van der Waals surface area contributed by atoms with Gasteiger partial charge in [0.05, 0.1) is 0 Å². The Balaban J connectivity index is -0.0000000899. The van der Waals surface area contributed by atoms with Gasteiger partial charge in [0, 0.05) is 0 Å². The highest BCUT2D eigenvalue weighted by atomic mass is 127. The largest absolute Gasteiger partial charge is 0.124 e. The van der Waals surface area contributed by atoms with Crippen molar-refractivity contribution in [3.05, 3.63) is 35.9 Å². The van der Waals surface area contributed by atoms with Crippen LogP contribution in [-0.4, -0.2) is -0.565 Å². The lowest BCUT2D eigenvalue weighted by atomic mass is 10.2. The van der Waals surface area contributed by atoms with Gasteiger partial charge in [-0.1, -0.05) is 159 Å². The fraction of sp³-hybridized carbons (Fsp3) is 0.647. The summed E-state index contributed by atoms with van der Waals surface area (Å²) in [5, 5.41) is 0. The summed E-state index contributed by atoms with van der Waals surface area (Å²) in [6, 6.07) is 10.3. The average molecular weight is 618 g/mol. The molecule has 0 spiro atoms. The van der Waals surface area contributed by atoms with Crippen molar-refractivity contribution in [1.82, 2.24) is 0 Å². The van der Waals surface area contributed by atoms with Crippen molar-refractivity contribution >= 4 is 67.8 Å². The van der Waals surface area contributed by atoms with Crippen LogP contribution in [0.25, 0.3) is 0 Å². The molecule has 0 aliphatic heterocycles. The first-order chi connectivity index (χ1) is 9.37. The van der Waals surface area contributed by atoms with Crippen LogP contribution >= 0.6 is 67.8 Å². The molecule has 0 unspecified atom stereocenters. The van der Waals surface area contributed by atoms with Crippen LogP contribution in [-0.2, 0) is 0 Å². The Hall–Kier alpha value is 1.41. The zero-order valence-electron chi connectivity index (χ0n) is 14.4. The Labute approximate surface area is 169 Å². The zero-order valence-corrected chi connectivity index (χ0v) is 20.9. The van der Waals surface area contributed by atoms with Crippen LogP contribution in [0.2, 0.25) is 0 Å². The second-order valence-corrected chi connectivity index (χ2v) is 15.0. The molecule has 20 heavy (non-hydrogen) atoms. The summed E-state index contributed by atoms with van der Waals surface area (Å²) in [5.74, 6) is 0. The van der Waals surface area contributed by atoms with Gasteiger partial charge >= 0.3 is 0 Å². The molecule has 0 aromatic heterocycles. The van der Waals surface area contributed by atoms with E-state index >= 15 is 0 Å². The normalized spacial score (nSPS) is 8.15. The first kappa shape index (κ1) is 29.4. The Morgan fingerprint density at radius 3 is 1.15 bits per heavy atom. The molecule has 122 valence electrons. The number of hydrogen-bond acceptors (Lipinski definition) is 0. The van der Waals surface area contributed by atoms with E-state index in [0.717, 1.165) is 0 Å². The average Bonchev–Trinajstić information content (AvgIpc) is 2.45. The van der Waals surface area contributed by atoms with Gasteiger partial charge in [-0.15, -0.1) is 0 Å². The first-order valence-corrected chi connectivity index (χ1v) is 10.7. The molecule has 0 saturated heterocycles. The molecule has 0 bridgehead atoms. The molecular formula is C17H33I3. The fourth-order valence-corrected chi connectivity index (χ4v) is 0.534. The minimum Gasteiger partial charge on any atom is -0.0683 e. The number of benzene rings is 1. The van der Waals surface area contributed by atoms with Crippen molar-refractivity contribution in [3.8, 4) is 0 Å².